The predicted octanol–water partition coefficient (Wildman–Crippen LogP) is 1.40. The van der Waals surface area contributed by atoms with Gasteiger partial charge in [-0.3, -0.25) is 4.79 Å². The van der Waals surface area contributed by atoms with E-state index in [9.17, 15) is 4.79 Å². The van der Waals surface area contributed by atoms with Gasteiger partial charge < -0.3 is 15.0 Å². The summed E-state index contributed by atoms with van der Waals surface area (Å²) in [4.78, 5) is 14.2. The van der Waals surface area contributed by atoms with Crippen molar-refractivity contribution in [2.75, 3.05) is 26.7 Å². The Morgan fingerprint density at radius 3 is 2.83 bits per heavy atom. The van der Waals surface area contributed by atoms with E-state index in [-0.39, 0.29) is 12.0 Å². The predicted molar refractivity (Wildman–Crippen MR) is 71.4 cm³/mol. The molecule has 1 saturated heterocycles. The van der Waals surface area contributed by atoms with E-state index in [1.807, 2.05) is 0 Å². The number of likely N-dealkylation sites (tertiary alicyclic amines) is 1. The van der Waals surface area contributed by atoms with Crippen LogP contribution in [0.1, 0.15) is 39.0 Å². The molecule has 2 fully saturated rings. The zero-order chi connectivity index (χ0) is 13.0. The zero-order valence-electron chi connectivity index (χ0n) is 11.7. The molecule has 0 aromatic heterocycles. The molecule has 18 heavy (non-hydrogen) atoms. The van der Waals surface area contributed by atoms with Gasteiger partial charge in [-0.15, -0.1) is 0 Å². The third-order valence-electron chi connectivity index (χ3n) is 3.98. The van der Waals surface area contributed by atoms with Crippen LogP contribution in [0, 0.1) is 5.92 Å². The topological polar surface area (TPSA) is 41.6 Å². The fourth-order valence-corrected chi connectivity index (χ4v) is 2.75. The standard InChI is InChI=1S/C14H26N2O2/c1-11-4-3-8-16(10-11)9-7-13(14(17)18-2)15-12-5-6-12/h11-13,15H,3-10H2,1-2H3. The summed E-state index contributed by atoms with van der Waals surface area (Å²) in [5.74, 6) is 0.693. The lowest BCUT2D eigenvalue weighted by Crippen LogP contribution is -2.43. The van der Waals surface area contributed by atoms with Gasteiger partial charge in [-0.05, 0) is 44.6 Å². The van der Waals surface area contributed by atoms with Gasteiger partial charge in [-0.2, -0.15) is 0 Å². The Labute approximate surface area is 110 Å². The fraction of sp³-hybridized carbons (Fsp3) is 0.929. The molecule has 0 spiro atoms. The van der Waals surface area contributed by atoms with Crippen molar-refractivity contribution in [1.82, 2.24) is 10.2 Å². The van der Waals surface area contributed by atoms with Crippen LogP contribution in [0.25, 0.3) is 0 Å². The van der Waals surface area contributed by atoms with Gasteiger partial charge in [0.25, 0.3) is 0 Å². The van der Waals surface area contributed by atoms with E-state index in [4.69, 9.17) is 4.74 Å². The number of carbonyl (C=O) groups excluding carboxylic acids is 1. The summed E-state index contributed by atoms with van der Waals surface area (Å²) in [6.45, 7) is 5.68. The molecule has 0 radical (unpaired) electrons. The van der Waals surface area contributed by atoms with E-state index in [0.29, 0.717) is 6.04 Å². The summed E-state index contributed by atoms with van der Waals surface area (Å²) in [6.07, 6.45) is 5.91. The van der Waals surface area contributed by atoms with Gasteiger partial charge in [-0.25, -0.2) is 0 Å². The van der Waals surface area contributed by atoms with Crippen LogP contribution in [-0.4, -0.2) is 49.7 Å². The molecule has 2 unspecified atom stereocenters. The quantitative estimate of drug-likeness (QED) is 0.728. The van der Waals surface area contributed by atoms with Crippen LogP contribution >= 0.6 is 0 Å². The summed E-state index contributed by atoms with van der Waals surface area (Å²) in [7, 11) is 1.48. The van der Waals surface area contributed by atoms with Gasteiger partial charge in [0.05, 0.1) is 7.11 Å². The second-order valence-electron chi connectivity index (χ2n) is 5.85. The number of rotatable bonds is 6. The average Bonchev–Trinajstić information content (AvgIpc) is 3.17. The number of carbonyl (C=O) groups is 1. The first-order valence-electron chi connectivity index (χ1n) is 7.25. The van der Waals surface area contributed by atoms with E-state index < -0.39 is 0 Å². The van der Waals surface area contributed by atoms with E-state index >= 15 is 0 Å². The maximum Gasteiger partial charge on any atom is 0.322 e. The molecule has 1 aliphatic carbocycles. The molecule has 4 heteroatoms. The second-order valence-corrected chi connectivity index (χ2v) is 5.85. The molecule has 1 N–H and O–H groups in total. The van der Waals surface area contributed by atoms with Gasteiger partial charge in [0, 0.05) is 19.1 Å². The lowest BCUT2D eigenvalue weighted by molar-refractivity contribution is -0.143. The Hall–Kier alpha value is -0.610. The van der Waals surface area contributed by atoms with Crippen LogP contribution < -0.4 is 5.32 Å². The second kappa shape index (κ2) is 6.53. The molecule has 1 heterocycles. The number of piperidine rings is 1. The van der Waals surface area contributed by atoms with Crippen molar-refractivity contribution < 1.29 is 9.53 Å². The molecular weight excluding hydrogens is 228 g/mol. The molecule has 104 valence electrons. The number of esters is 1. The van der Waals surface area contributed by atoms with Crippen molar-refractivity contribution in [3.05, 3.63) is 0 Å². The summed E-state index contributed by atoms with van der Waals surface area (Å²) in [5.41, 5.74) is 0. The van der Waals surface area contributed by atoms with Crippen molar-refractivity contribution >= 4 is 5.97 Å². The number of hydrogen-bond acceptors (Lipinski definition) is 4. The van der Waals surface area contributed by atoms with Crippen LogP contribution in [0.4, 0.5) is 0 Å². The number of methoxy groups -OCH3 is 1. The van der Waals surface area contributed by atoms with Crippen molar-refractivity contribution in [2.24, 2.45) is 5.92 Å². The number of ether oxygens (including phenoxy) is 1. The van der Waals surface area contributed by atoms with Gasteiger partial charge in [0.15, 0.2) is 0 Å². The minimum Gasteiger partial charge on any atom is -0.468 e. The smallest absolute Gasteiger partial charge is 0.322 e. The third-order valence-corrected chi connectivity index (χ3v) is 3.98. The molecule has 2 rings (SSSR count). The molecule has 0 aromatic rings. The van der Waals surface area contributed by atoms with E-state index in [2.05, 4.69) is 17.1 Å². The molecule has 2 aliphatic rings. The van der Waals surface area contributed by atoms with Crippen molar-refractivity contribution in [3.8, 4) is 0 Å². The van der Waals surface area contributed by atoms with E-state index in [1.54, 1.807) is 0 Å². The van der Waals surface area contributed by atoms with Crippen molar-refractivity contribution in [2.45, 2.75) is 51.1 Å². The first-order valence-corrected chi connectivity index (χ1v) is 7.25. The normalized spacial score (nSPS) is 26.9. The Morgan fingerprint density at radius 2 is 2.22 bits per heavy atom. The third kappa shape index (κ3) is 4.25. The molecule has 1 saturated carbocycles. The summed E-state index contributed by atoms with van der Waals surface area (Å²) >= 11 is 0. The SMILES string of the molecule is COC(=O)C(CCN1CCCC(C)C1)NC1CC1. The highest BCUT2D eigenvalue weighted by molar-refractivity contribution is 5.75. The van der Waals surface area contributed by atoms with E-state index in [0.717, 1.165) is 18.9 Å². The van der Waals surface area contributed by atoms with Crippen molar-refractivity contribution in [3.63, 3.8) is 0 Å². The van der Waals surface area contributed by atoms with Crippen LogP contribution in [0.15, 0.2) is 0 Å². The van der Waals surface area contributed by atoms with Gasteiger partial charge >= 0.3 is 5.97 Å². The number of hydrogen-bond donors (Lipinski definition) is 1. The number of nitrogens with zero attached hydrogens (tertiary/aromatic N) is 1. The Balaban J connectivity index is 1.75. The fourth-order valence-electron chi connectivity index (χ4n) is 2.75. The molecule has 0 aromatic carbocycles. The van der Waals surface area contributed by atoms with Gasteiger partial charge in [-0.1, -0.05) is 6.92 Å². The minimum atomic E-state index is -0.111. The molecule has 1 aliphatic heterocycles. The highest BCUT2D eigenvalue weighted by Crippen LogP contribution is 2.21. The highest BCUT2D eigenvalue weighted by atomic mass is 16.5. The maximum absolute atomic E-state index is 11.7. The highest BCUT2D eigenvalue weighted by Gasteiger charge is 2.29. The Bertz CT molecular complexity index is 279. The number of nitrogens with one attached hydrogen (secondary N) is 1. The Morgan fingerprint density at radius 1 is 1.44 bits per heavy atom. The molecule has 2 atom stereocenters. The summed E-state index contributed by atoms with van der Waals surface area (Å²) in [6, 6.07) is 0.439. The summed E-state index contributed by atoms with van der Waals surface area (Å²) in [5, 5.41) is 3.39. The lowest BCUT2D eigenvalue weighted by atomic mass is 10.00. The monoisotopic (exact) mass is 254 g/mol. The average molecular weight is 254 g/mol. The van der Waals surface area contributed by atoms with Gasteiger partial charge in [0.2, 0.25) is 0 Å². The van der Waals surface area contributed by atoms with Crippen LogP contribution in [0.5, 0.6) is 0 Å². The molecular formula is C14H26N2O2. The summed E-state index contributed by atoms with van der Waals surface area (Å²) < 4.78 is 4.88. The molecule has 0 amide bonds. The molecule has 0 bridgehead atoms. The van der Waals surface area contributed by atoms with Crippen LogP contribution in [-0.2, 0) is 9.53 Å². The van der Waals surface area contributed by atoms with Crippen molar-refractivity contribution in [1.29, 1.82) is 0 Å². The molecule has 4 nitrogen and oxygen atoms in total. The van der Waals surface area contributed by atoms with E-state index in [1.165, 1.54) is 45.9 Å². The lowest BCUT2D eigenvalue weighted by Gasteiger charge is -2.31. The van der Waals surface area contributed by atoms with Gasteiger partial charge in [0.1, 0.15) is 6.04 Å². The zero-order valence-corrected chi connectivity index (χ0v) is 11.7. The first-order chi connectivity index (χ1) is 8.69. The maximum atomic E-state index is 11.7. The largest absolute Gasteiger partial charge is 0.468 e. The minimum absolute atomic E-state index is 0.105. The van der Waals surface area contributed by atoms with Crippen LogP contribution in [0.3, 0.4) is 0 Å². The Kier molecular flexibility index (Phi) is 5.01. The first kappa shape index (κ1) is 13.8. The van der Waals surface area contributed by atoms with Crippen LogP contribution in [0.2, 0.25) is 0 Å².